The van der Waals surface area contributed by atoms with Gasteiger partial charge in [0.15, 0.2) is 0 Å². The number of likely N-dealkylation sites (N-methyl/N-ethyl adjacent to an activating group) is 1. The average Bonchev–Trinajstić information content (AvgIpc) is 3.19. The first-order chi connectivity index (χ1) is 12.0. The third kappa shape index (κ3) is 4.78. The molecule has 0 aliphatic rings. The molecule has 1 atom stereocenters. The van der Waals surface area contributed by atoms with Crippen LogP contribution in [0, 0.1) is 0 Å². The zero-order valence-electron chi connectivity index (χ0n) is 14.5. The van der Waals surface area contributed by atoms with Gasteiger partial charge in [0, 0.05) is 36.8 Å². The van der Waals surface area contributed by atoms with Gasteiger partial charge in [-0.3, -0.25) is 4.68 Å². The summed E-state index contributed by atoms with van der Waals surface area (Å²) in [6, 6.07) is 8.04. The van der Waals surface area contributed by atoms with Crippen molar-refractivity contribution in [2.45, 2.75) is 12.5 Å². The second-order valence-corrected chi connectivity index (χ2v) is 7.61. The van der Waals surface area contributed by atoms with Gasteiger partial charge in [-0.15, -0.1) is 10.2 Å². The smallest absolute Gasteiger partial charge is 0.205 e. The van der Waals surface area contributed by atoms with Crippen molar-refractivity contribution in [3.05, 3.63) is 57.8 Å². The third-order valence-corrected chi connectivity index (χ3v) is 5.05. The van der Waals surface area contributed by atoms with Gasteiger partial charge < -0.3 is 10.2 Å². The standard InChI is InChI=1S/C17H21ClN6S/c1-23(2)15(13-9-20-24(3)11-13)10-19-17-22-21-16(25-17)8-12-4-6-14(18)7-5-12/h4-7,9,11,15H,8,10H2,1-3H3,(H,19,22). The second kappa shape index (κ2) is 7.95. The lowest BCUT2D eigenvalue weighted by Gasteiger charge is -2.23. The number of rotatable bonds is 7. The van der Waals surface area contributed by atoms with Gasteiger partial charge in [-0.05, 0) is 31.8 Å². The molecule has 0 fully saturated rings. The summed E-state index contributed by atoms with van der Waals surface area (Å²) in [6.07, 6.45) is 4.70. The molecular weight excluding hydrogens is 356 g/mol. The number of hydrogen-bond donors (Lipinski definition) is 1. The van der Waals surface area contributed by atoms with E-state index in [1.807, 2.05) is 48.4 Å². The summed E-state index contributed by atoms with van der Waals surface area (Å²) in [7, 11) is 6.05. The molecule has 0 amide bonds. The number of nitrogens with zero attached hydrogens (tertiary/aromatic N) is 5. The molecule has 0 saturated carbocycles. The van der Waals surface area contributed by atoms with Crippen LogP contribution >= 0.6 is 22.9 Å². The van der Waals surface area contributed by atoms with E-state index in [4.69, 9.17) is 11.6 Å². The maximum atomic E-state index is 5.92. The highest BCUT2D eigenvalue weighted by atomic mass is 35.5. The van der Waals surface area contributed by atoms with Crippen LogP contribution in [-0.4, -0.2) is 45.5 Å². The van der Waals surface area contributed by atoms with Crippen LogP contribution in [0.4, 0.5) is 5.13 Å². The summed E-state index contributed by atoms with van der Waals surface area (Å²) in [4.78, 5) is 2.17. The lowest BCUT2D eigenvalue weighted by atomic mass is 10.1. The summed E-state index contributed by atoms with van der Waals surface area (Å²) < 4.78 is 1.82. The van der Waals surface area contributed by atoms with Crippen LogP contribution in [0.2, 0.25) is 5.02 Å². The topological polar surface area (TPSA) is 58.9 Å². The SMILES string of the molecule is CN(C)C(CNc1nnc(Cc2ccc(Cl)cc2)s1)c1cnn(C)c1. The molecule has 1 aromatic carbocycles. The second-order valence-electron chi connectivity index (χ2n) is 6.11. The van der Waals surface area contributed by atoms with E-state index in [1.165, 1.54) is 11.1 Å². The van der Waals surface area contributed by atoms with Crippen LogP contribution in [0.5, 0.6) is 0 Å². The first-order valence-corrected chi connectivity index (χ1v) is 9.16. The Morgan fingerprint density at radius 2 is 2.00 bits per heavy atom. The molecule has 3 rings (SSSR count). The molecule has 0 aliphatic carbocycles. The van der Waals surface area contributed by atoms with Crippen molar-refractivity contribution in [3.8, 4) is 0 Å². The monoisotopic (exact) mass is 376 g/mol. The van der Waals surface area contributed by atoms with Gasteiger partial charge in [0.25, 0.3) is 0 Å². The Morgan fingerprint density at radius 3 is 2.64 bits per heavy atom. The van der Waals surface area contributed by atoms with Gasteiger partial charge in [-0.25, -0.2) is 0 Å². The first-order valence-electron chi connectivity index (χ1n) is 7.97. The molecule has 1 N–H and O–H groups in total. The summed E-state index contributed by atoms with van der Waals surface area (Å²) in [6.45, 7) is 0.744. The third-order valence-electron chi connectivity index (χ3n) is 3.92. The van der Waals surface area contributed by atoms with Gasteiger partial charge in [-0.2, -0.15) is 5.10 Å². The van der Waals surface area contributed by atoms with E-state index >= 15 is 0 Å². The molecule has 0 saturated heterocycles. The predicted octanol–water partition coefficient (Wildman–Crippen LogP) is 3.23. The molecule has 2 aromatic heterocycles. The van der Waals surface area contributed by atoms with E-state index in [-0.39, 0.29) is 6.04 Å². The van der Waals surface area contributed by atoms with Crippen LogP contribution in [0.15, 0.2) is 36.7 Å². The highest BCUT2D eigenvalue weighted by Crippen LogP contribution is 2.22. The van der Waals surface area contributed by atoms with E-state index in [1.54, 1.807) is 11.3 Å². The van der Waals surface area contributed by atoms with Crippen LogP contribution in [-0.2, 0) is 13.5 Å². The number of aryl methyl sites for hydroxylation is 1. The van der Waals surface area contributed by atoms with E-state index in [9.17, 15) is 0 Å². The first kappa shape index (κ1) is 17.8. The molecule has 8 heteroatoms. The number of aromatic nitrogens is 4. The van der Waals surface area contributed by atoms with Crippen LogP contribution < -0.4 is 5.32 Å². The number of benzene rings is 1. The van der Waals surface area contributed by atoms with Gasteiger partial charge in [0.1, 0.15) is 5.01 Å². The minimum atomic E-state index is 0.220. The number of nitrogens with one attached hydrogen (secondary N) is 1. The number of hydrogen-bond acceptors (Lipinski definition) is 6. The molecule has 132 valence electrons. The average molecular weight is 377 g/mol. The predicted molar refractivity (Wildman–Crippen MR) is 102 cm³/mol. The Hall–Kier alpha value is -1.96. The Balaban J connectivity index is 1.61. The quantitative estimate of drug-likeness (QED) is 0.686. The van der Waals surface area contributed by atoms with E-state index in [0.717, 1.165) is 28.1 Å². The fourth-order valence-corrected chi connectivity index (χ4v) is 3.47. The Bertz CT molecular complexity index is 811. The summed E-state index contributed by atoms with van der Waals surface area (Å²) in [5.74, 6) is 0. The van der Waals surface area contributed by atoms with Crippen molar-refractivity contribution in [2.24, 2.45) is 7.05 Å². The van der Waals surface area contributed by atoms with Gasteiger partial charge in [0.2, 0.25) is 5.13 Å². The van der Waals surface area contributed by atoms with Crippen molar-refractivity contribution in [2.75, 3.05) is 26.0 Å². The zero-order valence-corrected chi connectivity index (χ0v) is 16.1. The molecule has 2 heterocycles. The van der Waals surface area contributed by atoms with E-state index in [0.29, 0.717) is 0 Å². The van der Waals surface area contributed by atoms with E-state index in [2.05, 4.69) is 39.6 Å². The van der Waals surface area contributed by atoms with Crippen LogP contribution in [0.25, 0.3) is 0 Å². The largest absolute Gasteiger partial charge is 0.358 e. The number of anilines is 1. The Kier molecular flexibility index (Phi) is 5.67. The minimum Gasteiger partial charge on any atom is -0.358 e. The van der Waals surface area contributed by atoms with Crippen molar-refractivity contribution >= 4 is 28.1 Å². The lowest BCUT2D eigenvalue weighted by molar-refractivity contribution is 0.311. The molecule has 0 bridgehead atoms. The highest BCUT2D eigenvalue weighted by molar-refractivity contribution is 7.15. The molecule has 0 aliphatic heterocycles. The maximum Gasteiger partial charge on any atom is 0.205 e. The van der Waals surface area contributed by atoms with Crippen LogP contribution in [0.3, 0.4) is 0 Å². The molecular formula is C17H21ClN6S. The molecule has 1 unspecified atom stereocenters. The highest BCUT2D eigenvalue weighted by Gasteiger charge is 2.16. The Morgan fingerprint density at radius 1 is 1.24 bits per heavy atom. The molecule has 6 nitrogen and oxygen atoms in total. The van der Waals surface area contributed by atoms with Crippen molar-refractivity contribution < 1.29 is 0 Å². The van der Waals surface area contributed by atoms with Crippen LogP contribution in [0.1, 0.15) is 22.2 Å². The fourth-order valence-electron chi connectivity index (χ4n) is 2.57. The van der Waals surface area contributed by atoms with Gasteiger partial charge in [-0.1, -0.05) is 35.1 Å². The summed E-state index contributed by atoms with van der Waals surface area (Å²) in [5, 5.41) is 18.7. The summed E-state index contributed by atoms with van der Waals surface area (Å²) in [5.41, 5.74) is 2.35. The number of halogens is 1. The van der Waals surface area contributed by atoms with Gasteiger partial charge in [0.05, 0.1) is 12.2 Å². The molecule has 3 aromatic rings. The maximum absolute atomic E-state index is 5.92. The Labute approximate surface area is 156 Å². The molecule has 25 heavy (non-hydrogen) atoms. The normalized spacial score (nSPS) is 12.5. The van der Waals surface area contributed by atoms with Crippen molar-refractivity contribution in [1.82, 2.24) is 24.9 Å². The molecule has 0 spiro atoms. The lowest BCUT2D eigenvalue weighted by Crippen LogP contribution is -2.26. The van der Waals surface area contributed by atoms with Gasteiger partial charge >= 0.3 is 0 Å². The van der Waals surface area contributed by atoms with E-state index < -0.39 is 0 Å². The molecule has 0 radical (unpaired) electrons. The van der Waals surface area contributed by atoms with Crippen molar-refractivity contribution in [3.63, 3.8) is 0 Å². The minimum absolute atomic E-state index is 0.220. The van der Waals surface area contributed by atoms with Crippen molar-refractivity contribution in [1.29, 1.82) is 0 Å². The summed E-state index contributed by atoms with van der Waals surface area (Å²) >= 11 is 7.50. The fraction of sp³-hybridized carbons (Fsp3) is 0.353. The zero-order chi connectivity index (χ0) is 17.8.